The van der Waals surface area contributed by atoms with Crippen LogP contribution in [0, 0.1) is 11.8 Å². The molecule has 2 amide bonds. The first-order chi connectivity index (χ1) is 12.1. The van der Waals surface area contributed by atoms with Crippen LogP contribution in [0.25, 0.3) is 0 Å². The van der Waals surface area contributed by atoms with Crippen LogP contribution in [0.3, 0.4) is 0 Å². The number of carbonyl (C=O) groups is 2. The number of hydrogen-bond donors (Lipinski definition) is 1. The van der Waals surface area contributed by atoms with E-state index in [1.807, 2.05) is 0 Å². The van der Waals surface area contributed by atoms with Crippen molar-refractivity contribution in [3.05, 3.63) is 34.7 Å². The van der Waals surface area contributed by atoms with E-state index in [2.05, 4.69) is 19.2 Å². The van der Waals surface area contributed by atoms with Crippen molar-refractivity contribution in [1.82, 2.24) is 4.90 Å². The van der Waals surface area contributed by atoms with Gasteiger partial charge in [-0.3, -0.25) is 9.59 Å². The number of amides is 2. The molecule has 2 heterocycles. The number of benzene rings is 1. The Morgan fingerprint density at radius 2 is 1.92 bits per heavy atom. The van der Waals surface area contributed by atoms with Gasteiger partial charge in [0.05, 0.1) is 16.2 Å². The quantitative estimate of drug-likeness (QED) is 0.741. The van der Waals surface area contributed by atoms with Gasteiger partial charge in [0.25, 0.3) is 5.91 Å². The second kappa shape index (κ2) is 6.98. The topological polar surface area (TPSA) is 49.4 Å². The first-order valence-corrected chi connectivity index (χ1v) is 9.16. The van der Waals surface area contributed by atoms with Gasteiger partial charge in [0.2, 0.25) is 5.91 Å². The van der Waals surface area contributed by atoms with Gasteiger partial charge in [0.1, 0.15) is 0 Å². The Labute approximate surface area is 153 Å². The minimum absolute atomic E-state index is 0.111. The lowest BCUT2D eigenvalue weighted by Gasteiger charge is -2.34. The highest BCUT2D eigenvalue weighted by Crippen LogP contribution is 2.41. The molecule has 1 aromatic rings. The highest BCUT2D eigenvalue weighted by atomic mass is 32.2. The molecule has 0 aliphatic carbocycles. The first kappa shape index (κ1) is 18.8. The Bertz CT molecular complexity index is 766. The van der Waals surface area contributed by atoms with Crippen molar-refractivity contribution in [2.45, 2.75) is 31.3 Å². The molecule has 0 radical (unpaired) electrons. The predicted molar refractivity (Wildman–Crippen MR) is 93.5 cm³/mol. The van der Waals surface area contributed by atoms with Crippen molar-refractivity contribution in [1.29, 1.82) is 0 Å². The van der Waals surface area contributed by atoms with Crippen molar-refractivity contribution in [3.63, 3.8) is 0 Å². The van der Waals surface area contributed by atoms with E-state index in [0.717, 1.165) is 30.3 Å². The van der Waals surface area contributed by atoms with Gasteiger partial charge in [-0.25, -0.2) is 0 Å². The lowest BCUT2D eigenvalue weighted by Crippen LogP contribution is -2.42. The van der Waals surface area contributed by atoms with E-state index in [1.54, 1.807) is 4.90 Å². The Morgan fingerprint density at radius 3 is 2.54 bits per heavy atom. The van der Waals surface area contributed by atoms with Crippen molar-refractivity contribution in [2.24, 2.45) is 11.8 Å². The molecule has 1 aromatic carbocycles. The van der Waals surface area contributed by atoms with E-state index in [-0.39, 0.29) is 16.5 Å². The molecule has 0 bridgehead atoms. The average Bonchev–Trinajstić information content (AvgIpc) is 2.53. The number of hydrogen-bond acceptors (Lipinski definition) is 3. The third-order valence-corrected chi connectivity index (χ3v) is 5.53. The molecule has 2 aliphatic heterocycles. The second-order valence-corrected chi connectivity index (χ2v) is 8.05. The molecule has 3 rings (SSSR count). The van der Waals surface area contributed by atoms with Gasteiger partial charge in [0, 0.05) is 24.1 Å². The van der Waals surface area contributed by atoms with Crippen LogP contribution in [-0.2, 0) is 15.8 Å². The molecule has 8 heteroatoms. The molecule has 1 fully saturated rings. The summed E-state index contributed by atoms with van der Waals surface area (Å²) >= 11 is 1.01. The monoisotopic (exact) mass is 384 g/mol. The number of halogens is 3. The molecule has 1 saturated heterocycles. The summed E-state index contributed by atoms with van der Waals surface area (Å²) < 4.78 is 38.4. The normalized spacial score (nSPS) is 25.0. The molecule has 2 atom stereocenters. The molecule has 0 spiro atoms. The lowest BCUT2D eigenvalue weighted by molar-refractivity contribution is -0.137. The van der Waals surface area contributed by atoms with Crippen molar-refractivity contribution in [3.8, 4) is 0 Å². The van der Waals surface area contributed by atoms with Crippen molar-refractivity contribution < 1.29 is 22.8 Å². The molecule has 2 aliphatic rings. The average molecular weight is 384 g/mol. The smallest absolute Gasteiger partial charge is 0.339 e. The fraction of sp³-hybridized carbons (Fsp3) is 0.444. The number of fused-ring (bicyclic) bond motifs is 1. The van der Waals surface area contributed by atoms with Crippen molar-refractivity contribution in [2.75, 3.05) is 18.4 Å². The SMILES string of the molecule is C[C@@H]1C[C@H](C)CN(C(=O)/C=C2/Sc3ccc(C(F)(F)F)cc3NC2=O)C1. The van der Waals surface area contributed by atoms with E-state index in [0.29, 0.717) is 29.8 Å². The number of anilines is 1. The number of alkyl halides is 3. The summed E-state index contributed by atoms with van der Waals surface area (Å²) in [5, 5.41) is 2.45. The summed E-state index contributed by atoms with van der Waals surface area (Å²) in [5.41, 5.74) is -0.711. The molecular formula is C18H19F3N2O2S. The van der Waals surface area contributed by atoms with Crippen LogP contribution < -0.4 is 5.32 Å². The van der Waals surface area contributed by atoms with Crippen LogP contribution in [0.2, 0.25) is 0 Å². The number of likely N-dealkylation sites (tertiary alicyclic amines) is 1. The number of piperidine rings is 1. The van der Waals surface area contributed by atoms with Crippen LogP contribution in [0.1, 0.15) is 25.8 Å². The summed E-state index contributed by atoms with van der Waals surface area (Å²) in [6.07, 6.45) is -2.13. The fourth-order valence-corrected chi connectivity index (χ4v) is 4.28. The second-order valence-electron chi connectivity index (χ2n) is 6.96. The third-order valence-electron chi connectivity index (χ3n) is 4.43. The zero-order valence-electron chi connectivity index (χ0n) is 14.4. The third kappa shape index (κ3) is 4.06. The number of carbonyl (C=O) groups excluding carboxylic acids is 2. The molecule has 0 unspecified atom stereocenters. The Hall–Kier alpha value is -1.96. The van der Waals surface area contributed by atoms with Crippen LogP contribution in [0.15, 0.2) is 34.1 Å². The molecule has 0 saturated carbocycles. The van der Waals surface area contributed by atoms with Crippen LogP contribution in [0.5, 0.6) is 0 Å². The van der Waals surface area contributed by atoms with Gasteiger partial charge in [-0.05, 0) is 36.5 Å². The van der Waals surface area contributed by atoms with Crippen LogP contribution in [-0.4, -0.2) is 29.8 Å². The number of nitrogens with zero attached hydrogens (tertiary/aromatic N) is 1. The van der Waals surface area contributed by atoms with Crippen molar-refractivity contribution >= 4 is 29.3 Å². The van der Waals surface area contributed by atoms with E-state index in [4.69, 9.17) is 0 Å². The maximum atomic E-state index is 12.8. The highest BCUT2D eigenvalue weighted by Gasteiger charge is 2.33. The molecular weight excluding hydrogens is 365 g/mol. The Kier molecular flexibility index (Phi) is 5.05. The molecule has 1 N–H and O–H groups in total. The van der Waals surface area contributed by atoms with Gasteiger partial charge in [-0.15, -0.1) is 0 Å². The summed E-state index contributed by atoms with van der Waals surface area (Å²) in [6.45, 7) is 5.45. The Morgan fingerprint density at radius 1 is 1.27 bits per heavy atom. The minimum atomic E-state index is -4.47. The number of thioether (sulfide) groups is 1. The molecule has 4 nitrogen and oxygen atoms in total. The fourth-order valence-electron chi connectivity index (χ4n) is 3.38. The van der Waals surface area contributed by atoms with Gasteiger partial charge in [-0.1, -0.05) is 25.6 Å². The minimum Gasteiger partial charge on any atom is -0.339 e. The summed E-state index contributed by atoms with van der Waals surface area (Å²) in [5.74, 6) is -0.00408. The van der Waals surface area contributed by atoms with Crippen LogP contribution >= 0.6 is 11.8 Å². The lowest BCUT2D eigenvalue weighted by atomic mass is 9.92. The first-order valence-electron chi connectivity index (χ1n) is 8.34. The van der Waals surface area contributed by atoms with Gasteiger partial charge in [-0.2, -0.15) is 13.2 Å². The van der Waals surface area contributed by atoms with E-state index < -0.39 is 17.6 Å². The number of rotatable bonds is 1. The standard InChI is InChI=1S/C18H19F3N2O2S/c1-10-5-11(2)9-23(8-10)16(24)7-15-17(25)22-13-6-12(18(19,20)21)3-4-14(13)26-15/h3-4,6-7,10-11H,5,8-9H2,1-2H3,(H,22,25)/b15-7+/t10-,11+. The largest absolute Gasteiger partial charge is 0.416 e. The van der Waals surface area contributed by atoms with Crippen LogP contribution in [0.4, 0.5) is 18.9 Å². The molecule has 26 heavy (non-hydrogen) atoms. The molecule has 140 valence electrons. The van der Waals surface area contributed by atoms with E-state index in [1.165, 1.54) is 12.1 Å². The Balaban J connectivity index is 1.79. The summed E-state index contributed by atoms with van der Waals surface area (Å²) in [4.78, 5) is 27.1. The van der Waals surface area contributed by atoms with E-state index in [9.17, 15) is 22.8 Å². The summed E-state index contributed by atoms with van der Waals surface area (Å²) in [7, 11) is 0. The van der Waals surface area contributed by atoms with E-state index >= 15 is 0 Å². The predicted octanol–water partition coefficient (Wildman–Crippen LogP) is 4.14. The maximum absolute atomic E-state index is 12.8. The maximum Gasteiger partial charge on any atom is 0.416 e. The van der Waals surface area contributed by atoms with Gasteiger partial charge in [0.15, 0.2) is 0 Å². The highest BCUT2D eigenvalue weighted by molar-refractivity contribution is 8.04. The zero-order chi connectivity index (χ0) is 19.1. The number of nitrogens with one attached hydrogen (secondary N) is 1. The molecule has 0 aromatic heterocycles. The van der Waals surface area contributed by atoms with Gasteiger partial charge < -0.3 is 10.2 Å². The zero-order valence-corrected chi connectivity index (χ0v) is 15.2. The van der Waals surface area contributed by atoms with Gasteiger partial charge >= 0.3 is 6.18 Å². The summed E-state index contributed by atoms with van der Waals surface area (Å²) in [6, 6.07) is 3.19.